The predicted molar refractivity (Wildman–Crippen MR) is 106 cm³/mol. The van der Waals surface area contributed by atoms with E-state index in [9.17, 15) is 0 Å². The first kappa shape index (κ1) is 20.2. The quantitative estimate of drug-likeness (QED) is 0.545. The van der Waals surface area contributed by atoms with Crippen LogP contribution >= 0.6 is 11.6 Å². The van der Waals surface area contributed by atoms with Crippen molar-refractivity contribution in [3.8, 4) is 0 Å². The Morgan fingerprint density at radius 1 is 1.27 bits per heavy atom. The minimum atomic E-state index is 0.159. The maximum absolute atomic E-state index is 6.45. The molecule has 1 aromatic carbocycles. The van der Waals surface area contributed by atoms with Crippen LogP contribution in [0.25, 0.3) is 0 Å². The smallest absolute Gasteiger partial charge is 0.191 e. The molecule has 0 aliphatic heterocycles. The number of nitrogens with zero attached hydrogens (tertiary/aromatic N) is 5. The Morgan fingerprint density at radius 2 is 2.00 bits per heavy atom. The van der Waals surface area contributed by atoms with Gasteiger partial charge in [-0.1, -0.05) is 43.6 Å². The Morgan fingerprint density at radius 3 is 2.58 bits per heavy atom. The van der Waals surface area contributed by atoms with Gasteiger partial charge in [0.2, 0.25) is 0 Å². The third-order valence-electron chi connectivity index (χ3n) is 4.42. The molecule has 0 amide bonds. The molecular formula is C18H28ClN7. The van der Waals surface area contributed by atoms with Crippen molar-refractivity contribution >= 4 is 17.6 Å². The molecule has 0 saturated heterocycles. The van der Waals surface area contributed by atoms with Crippen LogP contribution in [0.4, 0.5) is 0 Å². The van der Waals surface area contributed by atoms with Crippen LogP contribution in [-0.2, 0) is 13.6 Å². The molecule has 0 bridgehead atoms. The number of benzene rings is 1. The zero-order valence-electron chi connectivity index (χ0n) is 15.9. The third kappa shape index (κ3) is 5.19. The van der Waals surface area contributed by atoms with E-state index in [0.717, 1.165) is 35.5 Å². The average molecular weight is 378 g/mol. The van der Waals surface area contributed by atoms with Crippen molar-refractivity contribution in [2.45, 2.75) is 26.4 Å². The summed E-state index contributed by atoms with van der Waals surface area (Å²) in [7, 11) is 3.63. The number of aliphatic imine (C=N–C) groups is 1. The molecule has 2 N–H and O–H groups in total. The third-order valence-corrected chi connectivity index (χ3v) is 4.77. The Labute approximate surface area is 160 Å². The number of aromatic nitrogens is 3. The summed E-state index contributed by atoms with van der Waals surface area (Å²) >= 11 is 6.45. The van der Waals surface area contributed by atoms with Crippen LogP contribution in [0.15, 0.2) is 35.6 Å². The molecule has 7 nitrogen and oxygen atoms in total. The summed E-state index contributed by atoms with van der Waals surface area (Å²) in [4.78, 5) is 10.9. The molecule has 0 fully saturated rings. The molecule has 2 rings (SSSR count). The molecule has 8 heteroatoms. The van der Waals surface area contributed by atoms with Gasteiger partial charge in [-0.3, -0.25) is 14.6 Å². The topological polar surface area (TPSA) is 70.4 Å². The Kier molecular flexibility index (Phi) is 7.87. The fourth-order valence-corrected chi connectivity index (χ4v) is 3.16. The number of nitrogens with one attached hydrogen (secondary N) is 2. The van der Waals surface area contributed by atoms with E-state index in [4.69, 9.17) is 11.6 Å². The molecule has 0 aliphatic carbocycles. The molecule has 1 aromatic heterocycles. The number of hydrogen-bond donors (Lipinski definition) is 2. The number of aryl methyl sites for hydroxylation is 1. The minimum absolute atomic E-state index is 0.159. The van der Waals surface area contributed by atoms with E-state index in [2.05, 4.69) is 50.5 Å². The van der Waals surface area contributed by atoms with Crippen LogP contribution in [0.3, 0.4) is 0 Å². The monoisotopic (exact) mass is 377 g/mol. The highest BCUT2D eigenvalue weighted by molar-refractivity contribution is 6.31. The van der Waals surface area contributed by atoms with E-state index in [-0.39, 0.29) is 6.04 Å². The Hall–Kier alpha value is -2.12. The fraction of sp³-hybridized carbons (Fsp3) is 0.500. The zero-order chi connectivity index (χ0) is 18.9. The van der Waals surface area contributed by atoms with Gasteiger partial charge in [0.25, 0.3) is 0 Å². The molecular weight excluding hydrogens is 350 g/mol. The molecule has 0 saturated carbocycles. The van der Waals surface area contributed by atoms with E-state index in [0.29, 0.717) is 13.1 Å². The number of likely N-dealkylation sites (N-methyl/N-ethyl adjacent to an activating group) is 1. The van der Waals surface area contributed by atoms with Gasteiger partial charge in [-0.25, -0.2) is 4.98 Å². The first-order valence-electron chi connectivity index (χ1n) is 8.86. The largest absolute Gasteiger partial charge is 0.354 e. The van der Waals surface area contributed by atoms with E-state index in [1.807, 2.05) is 25.2 Å². The van der Waals surface area contributed by atoms with Crippen molar-refractivity contribution in [2.75, 3.05) is 26.7 Å². The molecule has 1 heterocycles. The second-order valence-electron chi connectivity index (χ2n) is 5.87. The highest BCUT2D eigenvalue weighted by atomic mass is 35.5. The van der Waals surface area contributed by atoms with Gasteiger partial charge in [-0.2, -0.15) is 5.10 Å². The number of halogens is 1. The van der Waals surface area contributed by atoms with Crippen LogP contribution in [0, 0.1) is 0 Å². The molecule has 1 atom stereocenters. The lowest BCUT2D eigenvalue weighted by molar-refractivity contribution is 0.219. The Bertz CT molecular complexity index is 709. The van der Waals surface area contributed by atoms with Crippen molar-refractivity contribution in [1.29, 1.82) is 0 Å². The van der Waals surface area contributed by atoms with E-state index >= 15 is 0 Å². The fourth-order valence-electron chi connectivity index (χ4n) is 2.90. The summed E-state index contributed by atoms with van der Waals surface area (Å²) in [5, 5.41) is 11.5. The lowest BCUT2D eigenvalue weighted by atomic mass is 10.0. The number of rotatable bonds is 8. The summed E-state index contributed by atoms with van der Waals surface area (Å²) in [6.07, 6.45) is 1.54. The van der Waals surface area contributed by atoms with E-state index in [1.165, 1.54) is 0 Å². The van der Waals surface area contributed by atoms with Gasteiger partial charge in [0.1, 0.15) is 12.2 Å². The molecule has 0 spiro atoms. The molecule has 2 aromatic rings. The summed E-state index contributed by atoms with van der Waals surface area (Å²) in [5.74, 6) is 1.57. The van der Waals surface area contributed by atoms with E-state index in [1.54, 1.807) is 18.1 Å². The number of hydrogen-bond acceptors (Lipinski definition) is 4. The van der Waals surface area contributed by atoms with Gasteiger partial charge in [0.05, 0.1) is 12.6 Å². The second-order valence-corrected chi connectivity index (χ2v) is 6.27. The first-order valence-corrected chi connectivity index (χ1v) is 9.24. The highest BCUT2D eigenvalue weighted by Crippen LogP contribution is 2.26. The maximum Gasteiger partial charge on any atom is 0.191 e. The van der Waals surface area contributed by atoms with Crippen LogP contribution in [0.1, 0.15) is 31.3 Å². The number of guanidine groups is 1. The molecule has 0 radical (unpaired) electrons. The average Bonchev–Trinajstić information content (AvgIpc) is 3.06. The van der Waals surface area contributed by atoms with Gasteiger partial charge < -0.3 is 10.6 Å². The minimum Gasteiger partial charge on any atom is -0.354 e. The molecule has 1 unspecified atom stereocenters. The van der Waals surface area contributed by atoms with Gasteiger partial charge in [-0.15, -0.1) is 0 Å². The molecule has 0 aliphatic rings. The van der Waals surface area contributed by atoms with Crippen LogP contribution < -0.4 is 10.6 Å². The summed E-state index contributed by atoms with van der Waals surface area (Å²) in [6, 6.07) is 8.17. The second kappa shape index (κ2) is 10.1. The van der Waals surface area contributed by atoms with Crippen molar-refractivity contribution in [3.63, 3.8) is 0 Å². The van der Waals surface area contributed by atoms with E-state index < -0.39 is 0 Å². The highest BCUT2D eigenvalue weighted by Gasteiger charge is 2.20. The van der Waals surface area contributed by atoms with Gasteiger partial charge in [0, 0.05) is 25.7 Å². The van der Waals surface area contributed by atoms with Crippen molar-refractivity contribution in [2.24, 2.45) is 12.0 Å². The standard InChI is InChI=1S/C18H28ClN7/c1-5-26(6-2)16(14-9-7-8-10-15(14)19)11-21-18(20-3)22-12-17-23-13-24-25(17)4/h7-10,13,16H,5-6,11-12H2,1-4H3,(H2,20,21,22). The lowest BCUT2D eigenvalue weighted by Gasteiger charge is -2.31. The van der Waals surface area contributed by atoms with Crippen molar-refractivity contribution in [3.05, 3.63) is 47.0 Å². The normalized spacial score (nSPS) is 13.1. The first-order chi connectivity index (χ1) is 12.6. The lowest BCUT2D eigenvalue weighted by Crippen LogP contribution is -2.43. The SMILES string of the molecule is CCN(CC)C(CNC(=NC)NCc1ncnn1C)c1ccccc1Cl. The van der Waals surface area contributed by atoms with Crippen molar-refractivity contribution in [1.82, 2.24) is 30.3 Å². The molecule has 26 heavy (non-hydrogen) atoms. The van der Waals surface area contributed by atoms with Gasteiger partial charge in [0.15, 0.2) is 5.96 Å². The Balaban J connectivity index is 2.05. The van der Waals surface area contributed by atoms with Gasteiger partial charge >= 0.3 is 0 Å². The van der Waals surface area contributed by atoms with Crippen LogP contribution in [0.5, 0.6) is 0 Å². The summed E-state index contributed by atoms with van der Waals surface area (Å²) in [6.45, 7) is 7.46. The van der Waals surface area contributed by atoms with Crippen LogP contribution in [-0.4, -0.2) is 52.3 Å². The van der Waals surface area contributed by atoms with Crippen molar-refractivity contribution < 1.29 is 0 Å². The summed E-state index contributed by atoms with van der Waals surface area (Å²) in [5.41, 5.74) is 1.12. The predicted octanol–water partition coefficient (Wildman–Crippen LogP) is 2.22. The van der Waals surface area contributed by atoms with Crippen LogP contribution in [0.2, 0.25) is 5.02 Å². The maximum atomic E-state index is 6.45. The van der Waals surface area contributed by atoms with Gasteiger partial charge in [-0.05, 0) is 24.7 Å². The summed E-state index contributed by atoms with van der Waals surface area (Å²) < 4.78 is 1.74. The molecule has 142 valence electrons. The zero-order valence-corrected chi connectivity index (χ0v) is 16.7.